The van der Waals surface area contributed by atoms with E-state index in [0.29, 0.717) is 12.4 Å². The van der Waals surface area contributed by atoms with Gasteiger partial charge in [-0.3, -0.25) is 4.57 Å². The highest BCUT2D eigenvalue weighted by atomic mass is 19.3. The van der Waals surface area contributed by atoms with Crippen molar-refractivity contribution in [3.05, 3.63) is 18.7 Å². The highest BCUT2D eigenvalue weighted by molar-refractivity contribution is 4.96. The third-order valence-electron chi connectivity index (χ3n) is 1.83. The Bertz CT molecular complexity index is 346. The fourth-order valence-corrected chi connectivity index (χ4v) is 0.891. The van der Waals surface area contributed by atoms with Gasteiger partial charge >= 0.3 is 17.9 Å². The summed E-state index contributed by atoms with van der Waals surface area (Å²) < 4.78 is 87.4. The molecule has 0 bridgehead atoms. The van der Waals surface area contributed by atoms with Gasteiger partial charge < -0.3 is 0 Å². The molecule has 0 aliphatic carbocycles. The molecule has 0 saturated carbocycles. The molecule has 0 radical (unpaired) electrons. The maximum atomic E-state index is 13.0. The number of rotatable bonds is 4. The second kappa shape index (κ2) is 3.63. The molecule has 0 aromatic carbocycles. The second-order valence-corrected chi connectivity index (χ2v) is 2.92. The zero-order chi connectivity index (χ0) is 12.6. The first-order valence-corrected chi connectivity index (χ1v) is 3.84. The van der Waals surface area contributed by atoms with Gasteiger partial charge in [0, 0.05) is 12.4 Å². The topological polar surface area (TPSA) is 17.8 Å². The minimum atomic E-state index is -5.85. The van der Waals surface area contributed by atoms with Crippen LogP contribution < -0.4 is 0 Å². The second-order valence-electron chi connectivity index (χ2n) is 2.92. The molecule has 0 fully saturated rings. The Balaban J connectivity index is 3.17. The van der Waals surface area contributed by atoms with Gasteiger partial charge in [-0.2, -0.15) is 26.3 Å². The van der Waals surface area contributed by atoms with Crippen LogP contribution in [0.3, 0.4) is 0 Å². The minimum Gasteiger partial charge on any atom is -0.272 e. The molecular formula is C7H5F7N2. The highest BCUT2D eigenvalue weighted by Gasteiger charge is 2.72. The van der Waals surface area contributed by atoms with E-state index in [4.69, 9.17) is 0 Å². The molecule has 0 aliphatic heterocycles. The van der Waals surface area contributed by atoms with E-state index in [9.17, 15) is 30.7 Å². The summed E-state index contributed by atoms with van der Waals surface area (Å²) in [6, 6.07) is -5.26. The number of aromatic nitrogens is 2. The van der Waals surface area contributed by atoms with E-state index in [1.54, 1.807) is 0 Å². The molecule has 0 amide bonds. The first-order valence-electron chi connectivity index (χ1n) is 3.84. The largest absolute Gasteiger partial charge is 0.399 e. The first-order chi connectivity index (χ1) is 7.17. The van der Waals surface area contributed by atoms with Gasteiger partial charge in [0.25, 0.3) is 0 Å². The average Bonchev–Trinajstić information content (AvgIpc) is 2.70. The molecule has 1 aromatic heterocycles. The van der Waals surface area contributed by atoms with Crippen molar-refractivity contribution in [2.45, 2.75) is 17.9 Å². The van der Waals surface area contributed by atoms with E-state index >= 15 is 0 Å². The molecular weight excluding hydrogens is 245 g/mol. The molecule has 1 heterocycles. The summed E-state index contributed by atoms with van der Waals surface area (Å²) >= 11 is 0. The molecule has 1 rings (SSSR count). The van der Waals surface area contributed by atoms with Crippen LogP contribution in [0.4, 0.5) is 30.7 Å². The Labute approximate surface area is 84.7 Å². The van der Waals surface area contributed by atoms with Gasteiger partial charge in [-0.1, -0.05) is 0 Å². The van der Waals surface area contributed by atoms with Crippen LogP contribution in [0.5, 0.6) is 0 Å². The number of alkyl halides is 7. The molecule has 92 valence electrons. The molecule has 0 aliphatic rings. The lowest BCUT2D eigenvalue weighted by molar-refractivity contribution is -0.344. The van der Waals surface area contributed by atoms with E-state index in [1.165, 1.54) is 0 Å². The number of hydrogen-bond acceptors (Lipinski definition) is 1. The van der Waals surface area contributed by atoms with Crippen molar-refractivity contribution in [3.63, 3.8) is 0 Å². The zero-order valence-electron chi connectivity index (χ0n) is 7.48. The third-order valence-corrected chi connectivity index (χ3v) is 1.83. The van der Waals surface area contributed by atoms with Crippen LogP contribution in [0.1, 0.15) is 0 Å². The number of halogens is 7. The number of nitrogens with zero attached hydrogens (tertiary/aromatic N) is 2. The van der Waals surface area contributed by atoms with Crippen LogP contribution in [-0.4, -0.2) is 28.1 Å². The van der Waals surface area contributed by atoms with Crippen molar-refractivity contribution in [1.29, 1.82) is 0 Å². The summed E-state index contributed by atoms with van der Waals surface area (Å²) in [7, 11) is 0. The normalized spacial score (nSPS) is 14.2. The molecule has 0 saturated heterocycles. The standard InChI is InChI=1S/C7H5F7N2/c8-3-5(9,10)6(11,12)7(13,14)16-2-1-15-4-16/h1-2,4H,3H2. The van der Waals surface area contributed by atoms with Crippen molar-refractivity contribution in [1.82, 2.24) is 9.55 Å². The fourth-order valence-electron chi connectivity index (χ4n) is 0.891. The summed E-state index contributed by atoms with van der Waals surface area (Å²) in [5.74, 6) is -11.3. The van der Waals surface area contributed by atoms with Gasteiger partial charge in [0.15, 0.2) is 6.67 Å². The fraction of sp³-hybridized carbons (Fsp3) is 0.571. The molecule has 0 unspecified atom stereocenters. The van der Waals surface area contributed by atoms with Crippen LogP contribution in [0.15, 0.2) is 18.7 Å². The van der Waals surface area contributed by atoms with Gasteiger partial charge in [0.05, 0.1) is 6.33 Å². The van der Waals surface area contributed by atoms with E-state index in [-0.39, 0.29) is 6.33 Å². The van der Waals surface area contributed by atoms with Crippen LogP contribution in [-0.2, 0) is 6.05 Å². The van der Waals surface area contributed by atoms with E-state index in [2.05, 4.69) is 4.98 Å². The Hall–Kier alpha value is -1.28. The number of imidazole rings is 1. The third kappa shape index (κ3) is 1.63. The Morgan fingerprint density at radius 2 is 1.62 bits per heavy atom. The smallest absolute Gasteiger partial charge is 0.272 e. The summed E-state index contributed by atoms with van der Waals surface area (Å²) in [6.45, 7) is -2.88. The van der Waals surface area contributed by atoms with Gasteiger partial charge in [-0.15, -0.1) is 0 Å². The molecule has 0 atom stereocenters. The van der Waals surface area contributed by atoms with Crippen molar-refractivity contribution >= 4 is 0 Å². The summed E-state index contributed by atoms with van der Waals surface area (Å²) in [5.41, 5.74) is 0. The van der Waals surface area contributed by atoms with Crippen molar-refractivity contribution < 1.29 is 30.7 Å². The lowest BCUT2D eigenvalue weighted by atomic mass is 10.1. The van der Waals surface area contributed by atoms with Crippen LogP contribution in [0, 0.1) is 0 Å². The van der Waals surface area contributed by atoms with Crippen LogP contribution in [0.2, 0.25) is 0 Å². The number of hydrogen-bond donors (Lipinski definition) is 0. The average molecular weight is 250 g/mol. The predicted octanol–water partition coefficient (Wildman–Crippen LogP) is 2.67. The van der Waals surface area contributed by atoms with E-state index < -0.39 is 29.1 Å². The molecule has 0 N–H and O–H groups in total. The summed E-state index contributed by atoms with van der Waals surface area (Å²) in [6.07, 6.45) is 1.32. The van der Waals surface area contributed by atoms with Crippen molar-refractivity contribution in [3.8, 4) is 0 Å². The highest BCUT2D eigenvalue weighted by Crippen LogP contribution is 2.48. The SMILES string of the molecule is FCC(F)(F)C(F)(F)C(F)(F)n1ccnc1. The van der Waals surface area contributed by atoms with Gasteiger partial charge in [-0.25, -0.2) is 9.37 Å². The maximum Gasteiger partial charge on any atom is 0.399 e. The summed E-state index contributed by atoms with van der Waals surface area (Å²) in [4.78, 5) is 3.02. The maximum absolute atomic E-state index is 13.0. The molecule has 16 heavy (non-hydrogen) atoms. The Kier molecular flexibility index (Phi) is 2.90. The first kappa shape index (κ1) is 12.8. The van der Waals surface area contributed by atoms with Crippen LogP contribution in [0.25, 0.3) is 0 Å². The lowest BCUT2D eigenvalue weighted by Gasteiger charge is -2.31. The van der Waals surface area contributed by atoms with Crippen molar-refractivity contribution in [2.75, 3.05) is 6.67 Å². The monoisotopic (exact) mass is 250 g/mol. The van der Waals surface area contributed by atoms with E-state index in [1.807, 2.05) is 0 Å². The molecule has 9 heteroatoms. The quantitative estimate of drug-likeness (QED) is 0.751. The van der Waals surface area contributed by atoms with Crippen molar-refractivity contribution in [2.24, 2.45) is 0 Å². The summed E-state index contributed by atoms with van der Waals surface area (Å²) in [5, 5.41) is 0. The lowest BCUT2D eigenvalue weighted by Crippen LogP contribution is -2.55. The predicted molar refractivity (Wildman–Crippen MR) is 38.3 cm³/mol. The Morgan fingerprint density at radius 1 is 1.06 bits per heavy atom. The minimum absolute atomic E-state index is 0.238. The molecule has 0 spiro atoms. The molecule has 1 aromatic rings. The van der Waals surface area contributed by atoms with Crippen LogP contribution >= 0.6 is 0 Å². The van der Waals surface area contributed by atoms with E-state index in [0.717, 1.165) is 0 Å². The van der Waals surface area contributed by atoms with Gasteiger partial charge in [-0.05, 0) is 0 Å². The van der Waals surface area contributed by atoms with Gasteiger partial charge in [0.1, 0.15) is 0 Å². The van der Waals surface area contributed by atoms with Gasteiger partial charge in [0.2, 0.25) is 0 Å². The zero-order valence-corrected chi connectivity index (χ0v) is 7.48. The Morgan fingerprint density at radius 3 is 2.00 bits per heavy atom. The molecule has 2 nitrogen and oxygen atoms in total.